The van der Waals surface area contributed by atoms with Crippen LogP contribution in [0.1, 0.15) is 10.4 Å². The molecule has 2 aromatic rings. The van der Waals surface area contributed by atoms with Crippen molar-refractivity contribution >= 4 is 22.8 Å². The first-order valence-corrected chi connectivity index (χ1v) is 5.88. The van der Waals surface area contributed by atoms with Crippen molar-refractivity contribution in [1.29, 1.82) is 0 Å². The van der Waals surface area contributed by atoms with Gasteiger partial charge in [-0.2, -0.15) is 0 Å². The van der Waals surface area contributed by atoms with Gasteiger partial charge >= 0.3 is 0 Å². The van der Waals surface area contributed by atoms with Crippen LogP contribution in [0.25, 0.3) is 11.0 Å². The lowest BCUT2D eigenvalue weighted by molar-refractivity contribution is -0.129. The van der Waals surface area contributed by atoms with E-state index < -0.39 is 0 Å². The SMILES string of the molecule is CN(C)C(=O)CN(C)C(=O)c1ccc2nc[nH]c2c1. The fourth-order valence-corrected chi connectivity index (χ4v) is 1.71. The van der Waals surface area contributed by atoms with E-state index in [1.807, 2.05) is 0 Å². The normalized spacial score (nSPS) is 10.5. The Morgan fingerprint density at radius 3 is 2.68 bits per heavy atom. The van der Waals surface area contributed by atoms with E-state index in [0.717, 1.165) is 11.0 Å². The molecule has 0 unspecified atom stereocenters. The topological polar surface area (TPSA) is 69.3 Å². The number of carbonyl (C=O) groups excluding carboxylic acids is 2. The lowest BCUT2D eigenvalue weighted by Gasteiger charge is -2.19. The molecule has 0 saturated carbocycles. The van der Waals surface area contributed by atoms with Crippen LogP contribution >= 0.6 is 0 Å². The zero-order valence-corrected chi connectivity index (χ0v) is 11.2. The molecule has 1 aromatic heterocycles. The summed E-state index contributed by atoms with van der Waals surface area (Å²) in [5.41, 5.74) is 2.15. The third-order valence-electron chi connectivity index (χ3n) is 2.89. The van der Waals surface area contributed by atoms with E-state index in [1.54, 1.807) is 45.7 Å². The Kier molecular flexibility index (Phi) is 3.50. The van der Waals surface area contributed by atoms with Crippen molar-refractivity contribution in [3.8, 4) is 0 Å². The molecule has 6 nitrogen and oxygen atoms in total. The van der Waals surface area contributed by atoms with Crippen LogP contribution in [0, 0.1) is 0 Å². The van der Waals surface area contributed by atoms with Crippen LogP contribution < -0.4 is 0 Å². The molecule has 2 amide bonds. The van der Waals surface area contributed by atoms with Gasteiger partial charge in [-0.05, 0) is 18.2 Å². The predicted octanol–water partition coefficient (Wildman–Crippen LogP) is 0.723. The maximum atomic E-state index is 12.2. The molecule has 100 valence electrons. The number of hydrogen-bond acceptors (Lipinski definition) is 3. The first kappa shape index (κ1) is 13.1. The minimum atomic E-state index is -0.188. The molecular weight excluding hydrogens is 244 g/mol. The number of hydrogen-bond donors (Lipinski definition) is 1. The number of nitrogens with zero attached hydrogens (tertiary/aromatic N) is 3. The van der Waals surface area contributed by atoms with Crippen molar-refractivity contribution < 1.29 is 9.59 Å². The molecule has 0 fully saturated rings. The molecule has 0 atom stereocenters. The monoisotopic (exact) mass is 260 g/mol. The van der Waals surface area contributed by atoms with Gasteiger partial charge in [0, 0.05) is 26.7 Å². The van der Waals surface area contributed by atoms with E-state index >= 15 is 0 Å². The van der Waals surface area contributed by atoms with E-state index in [1.165, 1.54) is 9.80 Å². The van der Waals surface area contributed by atoms with Crippen molar-refractivity contribution in [1.82, 2.24) is 19.8 Å². The van der Waals surface area contributed by atoms with E-state index in [2.05, 4.69) is 9.97 Å². The number of carbonyl (C=O) groups is 2. The lowest BCUT2D eigenvalue weighted by Crippen LogP contribution is -2.37. The number of aromatic nitrogens is 2. The molecule has 1 N–H and O–H groups in total. The Labute approximate surface area is 111 Å². The molecule has 19 heavy (non-hydrogen) atoms. The molecule has 0 radical (unpaired) electrons. The van der Waals surface area contributed by atoms with Crippen LogP contribution in [0.3, 0.4) is 0 Å². The van der Waals surface area contributed by atoms with Crippen LogP contribution in [-0.2, 0) is 4.79 Å². The van der Waals surface area contributed by atoms with E-state index in [4.69, 9.17) is 0 Å². The Hall–Kier alpha value is -2.37. The molecule has 1 aromatic carbocycles. The van der Waals surface area contributed by atoms with E-state index in [0.29, 0.717) is 5.56 Å². The van der Waals surface area contributed by atoms with Gasteiger partial charge in [-0.3, -0.25) is 9.59 Å². The molecular formula is C13H16N4O2. The average molecular weight is 260 g/mol. The summed E-state index contributed by atoms with van der Waals surface area (Å²) in [6.45, 7) is 0.0623. The van der Waals surface area contributed by atoms with Gasteiger partial charge in [0.1, 0.15) is 0 Å². The quantitative estimate of drug-likeness (QED) is 0.884. The Balaban J connectivity index is 2.16. The van der Waals surface area contributed by atoms with E-state index in [-0.39, 0.29) is 18.4 Å². The second kappa shape index (κ2) is 5.09. The standard InChI is InChI=1S/C13H16N4O2/c1-16(2)12(18)7-17(3)13(19)9-4-5-10-11(6-9)15-8-14-10/h4-6,8H,7H2,1-3H3,(H,14,15). The van der Waals surface area contributed by atoms with Gasteiger partial charge in [-0.15, -0.1) is 0 Å². The Morgan fingerprint density at radius 1 is 1.26 bits per heavy atom. The molecule has 0 spiro atoms. The molecule has 0 bridgehead atoms. The first-order valence-electron chi connectivity index (χ1n) is 5.88. The molecule has 0 aliphatic rings. The molecule has 6 heteroatoms. The largest absolute Gasteiger partial charge is 0.347 e. The number of likely N-dealkylation sites (N-methyl/N-ethyl adjacent to an activating group) is 2. The van der Waals surface area contributed by atoms with Crippen LogP contribution in [0.5, 0.6) is 0 Å². The third kappa shape index (κ3) is 2.73. The van der Waals surface area contributed by atoms with Crippen molar-refractivity contribution in [2.45, 2.75) is 0 Å². The van der Waals surface area contributed by atoms with Crippen LogP contribution in [0.2, 0.25) is 0 Å². The number of rotatable bonds is 3. The highest BCUT2D eigenvalue weighted by Crippen LogP contribution is 2.13. The van der Waals surface area contributed by atoms with Crippen molar-refractivity contribution in [3.05, 3.63) is 30.1 Å². The van der Waals surface area contributed by atoms with Gasteiger partial charge in [0.15, 0.2) is 0 Å². The number of benzene rings is 1. The van der Waals surface area contributed by atoms with Gasteiger partial charge in [0.25, 0.3) is 5.91 Å². The predicted molar refractivity (Wildman–Crippen MR) is 71.7 cm³/mol. The minimum Gasteiger partial charge on any atom is -0.347 e. The number of imidazole rings is 1. The number of nitrogens with one attached hydrogen (secondary N) is 1. The first-order chi connectivity index (χ1) is 8.99. The summed E-state index contributed by atoms with van der Waals surface area (Å²) in [7, 11) is 4.94. The molecule has 2 rings (SSSR count). The summed E-state index contributed by atoms with van der Waals surface area (Å²) >= 11 is 0. The summed E-state index contributed by atoms with van der Waals surface area (Å²) in [5, 5.41) is 0. The van der Waals surface area contributed by atoms with Crippen LogP contribution in [-0.4, -0.2) is 59.3 Å². The average Bonchev–Trinajstić information content (AvgIpc) is 2.84. The lowest BCUT2D eigenvalue weighted by atomic mass is 10.2. The highest BCUT2D eigenvalue weighted by molar-refractivity contribution is 5.98. The van der Waals surface area contributed by atoms with Gasteiger partial charge in [-0.1, -0.05) is 0 Å². The van der Waals surface area contributed by atoms with E-state index in [9.17, 15) is 9.59 Å². The maximum absolute atomic E-state index is 12.2. The third-order valence-corrected chi connectivity index (χ3v) is 2.89. The molecule has 0 aliphatic carbocycles. The van der Waals surface area contributed by atoms with Crippen molar-refractivity contribution in [2.24, 2.45) is 0 Å². The fraction of sp³-hybridized carbons (Fsp3) is 0.308. The Morgan fingerprint density at radius 2 is 2.00 bits per heavy atom. The minimum absolute atomic E-state index is 0.0623. The summed E-state index contributed by atoms with van der Waals surface area (Å²) < 4.78 is 0. The highest BCUT2D eigenvalue weighted by atomic mass is 16.2. The number of H-pyrrole nitrogens is 1. The van der Waals surface area contributed by atoms with Crippen LogP contribution in [0.15, 0.2) is 24.5 Å². The van der Waals surface area contributed by atoms with Gasteiger partial charge in [-0.25, -0.2) is 4.98 Å². The van der Waals surface area contributed by atoms with Crippen LogP contribution in [0.4, 0.5) is 0 Å². The molecule has 0 aliphatic heterocycles. The number of aromatic amines is 1. The van der Waals surface area contributed by atoms with Gasteiger partial charge in [0.2, 0.25) is 5.91 Å². The van der Waals surface area contributed by atoms with Crippen molar-refractivity contribution in [2.75, 3.05) is 27.7 Å². The second-order valence-corrected chi connectivity index (χ2v) is 4.58. The van der Waals surface area contributed by atoms with Gasteiger partial charge < -0.3 is 14.8 Å². The molecule has 0 saturated heterocycles. The maximum Gasteiger partial charge on any atom is 0.254 e. The smallest absolute Gasteiger partial charge is 0.254 e. The highest BCUT2D eigenvalue weighted by Gasteiger charge is 2.16. The summed E-state index contributed by atoms with van der Waals surface area (Å²) in [4.78, 5) is 33.7. The van der Waals surface area contributed by atoms with Crippen molar-refractivity contribution in [3.63, 3.8) is 0 Å². The summed E-state index contributed by atoms with van der Waals surface area (Å²) in [6, 6.07) is 5.23. The molecule has 1 heterocycles. The summed E-state index contributed by atoms with van der Waals surface area (Å²) in [5.74, 6) is -0.301. The van der Waals surface area contributed by atoms with Gasteiger partial charge in [0.05, 0.1) is 23.9 Å². The zero-order valence-electron chi connectivity index (χ0n) is 11.2. The summed E-state index contributed by atoms with van der Waals surface area (Å²) in [6.07, 6.45) is 1.58. The Bertz CT molecular complexity index is 618. The fourth-order valence-electron chi connectivity index (χ4n) is 1.71. The number of fused-ring (bicyclic) bond motifs is 1. The second-order valence-electron chi connectivity index (χ2n) is 4.58. The zero-order chi connectivity index (χ0) is 14.0. The number of amides is 2.